The monoisotopic (exact) mass is 1030 g/mol. The van der Waals surface area contributed by atoms with Gasteiger partial charge >= 0.3 is 12.4 Å². The van der Waals surface area contributed by atoms with Crippen molar-refractivity contribution in [3.8, 4) is 84.2 Å². The van der Waals surface area contributed by atoms with Crippen LogP contribution in [-0.2, 0) is 12.4 Å². The highest BCUT2D eigenvalue weighted by atomic mass is 19.4. The molecule has 0 amide bonds. The van der Waals surface area contributed by atoms with Gasteiger partial charge in [0.05, 0.1) is 56.2 Å². The summed E-state index contributed by atoms with van der Waals surface area (Å²) in [6.07, 6.45) is -10.3. The molecule has 0 aliphatic carbocycles. The Hall–Kier alpha value is -9.91. The lowest BCUT2D eigenvalue weighted by molar-refractivity contribution is -0.142. The molecule has 0 saturated carbocycles. The lowest BCUT2D eigenvalue weighted by atomic mass is 9.85. The number of para-hydroxylation sites is 1. The maximum atomic E-state index is 15.7. The summed E-state index contributed by atoms with van der Waals surface area (Å²) in [5.74, 6) is 0. The van der Waals surface area contributed by atoms with Gasteiger partial charge in [-0.15, -0.1) is 0 Å². The maximum Gasteiger partial charge on any atom is 0.417 e. The van der Waals surface area contributed by atoms with Gasteiger partial charge in [-0.3, -0.25) is 0 Å². The Morgan fingerprint density at radius 2 is 0.756 bits per heavy atom. The predicted octanol–water partition coefficient (Wildman–Crippen LogP) is 19.8. The summed E-state index contributed by atoms with van der Waals surface area (Å²) in [4.78, 5) is 0. The largest absolute Gasteiger partial charge is 0.417 e. The minimum absolute atomic E-state index is 0.0240. The number of benzene rings is 11. The normalized spacial score (nSPS) is 12.0. The van der Waals surface area contributed by atoms with Crippen molar-refractivity contribution in [2.24, 2.45) is 0 Å². The summed E-state index contributed by atoms with van der Waals surface area (Å²) < 4.78 is 94.7. The van der Waals surface area contributed by atoms with Crippen LogP contribution in [0, 0.1) is 11.3 Å². The molecule has 2 aromatic heterocycles. The van der Waals surface area contributed by atoms with Gasteiger partial charge in [-0.1, -0.05) is 176 Å². The van der Waals surface area contributed by atoms with Crippen molar-refractivity contribution in [2.75, 3.05) is 0 Å². The van der Waals surface area contributed by atoms with Gasteiger partial charge in [0.25, 0.3) is 0 Å². The molecular weight excluding hydrogens is 985 g/mol. The number of aromatic nitrogens is 2. The lowest BCUT2D eigenvalue weighted by Crippen LogP contribution is -2.13. The van der Waals surface area contributed by atoms with Crippen molar-refractivity contribution < 1.29 is 26.3 Å². The first-order valence-electron chi connectivity index (χ1n) is 25.3. The van der Waals surface area contributed by atoms with Crippen molar-refractivity contribution in [3.05, 3.63) is 265 Å². The Bertz CT molecular complexity index is 4410. The summed E-state index contributed by atoms with van der Waals surface area (Å²) in [6, 6.07) is 78.7. The van der Waals surface area contributed by atoms with Crippen LogP contribution < -0.4 is 0 Å². The minimum atomic E-state index is -5.23. The van der Waals surface area contributed by atoms with Gasteiger partial charge in [-0.05, 0) is 128 Å². The summed E-state index contributed by atoms with van der Waals surface area (Å²) in [6.45, 7) is 0. The molecule has 0 N–H and O–H groups in total. The van der Waals surface area contributed by atoms with Crippen molar-refractivity contribution in [2.45, 2.75) is 12.4 Å². The zero-order valence-electron chi connectivity index (χ0n) is 41.3. The van der Waals surface area contributed by atoms with E-state index in [4.69, 9.17) is 0 Å². The number of alkyl halides is 6. The number of nitrogens with zero attached hydrogens (tertiary/aromatic N) is 3. The number of fused-ring (bicyclic) bond motifs is 6. The van der Waals surface area contributed by atoms with Gasteiger partial charge < -0.3 is 9.13 Å². The lowest BCUT2D eigenvalue weighted by Gasteiger charge is -2.25. The molecule has 13 aromatic rings. The van der Waals surface area contributed by atoms with Gasteiger partial charge in [0.15, 0.2) is 0 Å². The third-order valence-electron chi connectivity index (χ3n) is 14.8. The first-order chi connectivity index (χ1) is 37.9. The van der Waals surface area contributed by atoms with E-state index in [2.05, 4.69) is 28.8 Å². The predicted molar refractivity (Wildman–Crippen MR) is 302 cm³/mol. The number of halogens is 6. The highest BCUT2D eigenvalue weighted by Crippen LogP contribution is 2.51. The number of rotatable bonds is 8. The molecule has 0 spiro atoms. The van der Waals surface area contributed by atoms with E-state index in [0.717, 1.165) is 88.6 Å². The molecular formula is C69H41F6N3. The van der Waals surface area contributed by atoms with Crippen LogP contribution >= 0.6 is 0 Å². The Labute approximate surface area is 444 Å². The molecule has 2 heterocycles. The van der Waals surface area contributed by atoms with E-state index in [0.29, 0.717) is 23.0 Å². The third-order valence-corrected chi connectivity index (χ3v) is 14.8. The van der Waals surface area contributed by atoms with Gasteiger partial charge in [-0.25, -0.2) is 0 Å². The molecule has 0 bridgehead atoms. The Balaban J connectivity index is 1.21. The maximum absolute atomic E-state index is 15.7. The van der Waals surface area contributed by atoms with Crippen LogP contribution in [0.25, 0.3) is 122 Å². The third kappa shape index (κ3) is 8.17. The summed E-state index contributed by atoms with van der Waals surface area (Å²) in [5.41, 5.74) is 8.31. The number of hydrogen-bond acceptors (Lipinski definition) is 1. The molecule has 13 rings (SSSR count). The Kier molecular flexibility index (Phi) is 11.5. The zero-order chi connectivity index (χ0) is 53.3. The summed E-state index contributed by atoms with van der Waals surface area (Å²) in [7, 11) is 0. The molecule has 11 aromatic carbocycles. The van der Waals surface area contributed by atoms with E-state index in [1.165, 1.54) is 6.07 Å². The van der Waals surface area contributed by atoms with Crippen LogP contribution in [0.1, 0.15) is 16.7 Å². The van der Waals surface area contributed by atoms with Crippen LogP contribution in [0.15, 0.2) is 249 Å². The SMILES string of the molecule is N#Cc1cc(-c2ccccc2)cc(-n2c3ccc(-c4ccccc4)cc3c3cc(-c4ccccc4)ccc32)c1-c1c(-c2ccc(C(F)(F)F)cc2C(F)(F)F)cccc1-n1c2ccccc2c2cc(-c3ccccc3)ccc21. The second-order valence-corrected chi connectivity index (χ2v) is 19.3. The van der Waals surface area contributed by atoms with Gasteiger partial charge in [-0.2, -0.15) is 31.6 Å². The fourth-order valence-corrected chi connectivity index (χ4v) is 11.3. The average Bonchev–Trinajstić information content (AvgIpc) is 4.19. The Morgan fingerprint density at radius 1 is 0.308 bits per heavy atom. The molecule has 9 heteroatoms. The van der Waals surface area contributed by atoms with E-state index in [-0.39, 0.29) is 28.3 Å². The highest BCUT2D eigenvalue weighted by Gasteiger charge is 2.39. The molecule has 0 saturated heterocycles. The molecule has 0 atom stereocenters. The molecule has 0 radical (unpaired) electrons. The van der Waals surface area contributed by atoms with Crippen molar-refractivity contribution in [1.29, 1.82) is 5.26 Å². The second-order valence-electron chi connectivity index (χ2n) is 19.3. The fraction of sp³-hybridized carbons (Fsp3) is 0.0290. The van der Waals surface area contributed by atoms with E-state index in [1.807, 2.05) is 199 Å². The summed E-state index contributed by atoms with van der Waals surface area (Å²) in [5, 5.41) is 15.2. The van der Waals surface area contributed by atoms with Crippen molar-refractivity contribution in [1.82, 2.24) is 9.13 Å². The zero-order valence-corrected chi connectivity index (χ0v) is 41.3. The van der Waals surface area contributed by atoms with E-state index < -0.39 is 29.0 Å². The topological polar surface area (TPSA) is 33.6 Å². The average molecular weight is 1030 g/mol. The molecule has 0 fully saturated rings. The fourth-order valence-electron chi connectivity index (χ4n) is 11.3. The van der Waals surface area contributed by atoms with Gasteiger partial charge in [0.1, 0.15) is 0 Å². The minimum Gasteiger partial charge on any atom is -0.309 e. The molecule has 78 heavy (non-hydrogen) atoms. The van der Waals surface area contributed by atoms with Crippen LogP contribution in [-0.4, -0.2) is 9.13 Å². The van der Waals surface area contributed by atoms with E-state index in [1.54, 1.807) is 12.1 Å². The highest BCUT2D eigenvalue weighted by molar-refractivity contribution is 6.14. The molecule has 0 aliphatic rings. The van der Waals surface area contributed by atoms with Gasteiger partial charge in [0, 0.05) is 32.7 Å². The quantitative estimate of drug-likeness (QED) is 0.140. The van der Waals surface area contributed by atoms with Crippen LogP contribution in [0.3, 0.4) is 0 Å². The van der Waals surface area contributed by atoms with E-state index >= 15 is 13.2 Å². The number of nitriles is 1. The summed E-state index contributed by atoms with van der Waals surface area (Å²) >= 11 is 0. The second kappa shape index (κ2) is 18.7. The van der Waals surface area contributed by atoms with Crippen LogP contribution in [0.5, 0.6) is 0 Å². The molecule has 3 nitrogen and oxygen atoms in total. The van der Waals surface area contributed by atoms with Crippen LogP contribution in [0.4, 0.5) is 26.3 Å². The van der Waals surface area contributed by atoms with Crippen molar-refractivity contribution in [3.63, 3.8) is 0 Å². The van der Waals surface area contributed by atoms with E-state index in [9.17, 15) is 18.4 Å². The van der Waals surface area contributed by atoms with Crippen molar-refractivity contribution >= 4 is 43.6 Å². The Morgan fingerprint density at radius 3 is 1.24 bits per heavy atom. The molecule has 0 aliphatic heterocycles. The van der Waals surface area contributed by atoms with Gasteiger partial charge in [0.2, 0.25) is 0 Å². The smallest absolute Gasteiger partial charge is 0.309 e. The van der Waals surface area contributed by atoms with Crippen LogP contribution in [0.2, 0.25) is 0 Å². The standard InChI is InChI=1S/C69H41F6N3/c70-68(71,72)52-31-32-53(59(41-52)69(73,74)75)55-25-15-27-64(77-60-26-14-13-24-54(60)56-37-47(28-33-61(56)77)43-16-5-1-6-17-43)67(55)66-51(42-76)36-50(46-22-11-4-12-23-46)40-65(66)78-62-34-29-48(44-18-7-2-8-19-44)38-57(62)58-39-49(30-35-63(58)78)45-20-9-3-10-21-45/h1-41H. The first kappa shape index (κ1) is 47.8. The number of hydrogen-bond donors (Lipinski definition) is 0. The first-order valence-corrected chi connectivity index (χ1v) is 25.3. The molecule has 0 unspecified atom stereocenters. The molecule has 374 valence electrons.